The number of ether oxygens (including phenoxy) is 2. The molecule has 0 aliphatic heterocycles. The number of nitrogen functional groups attached to an aromatic ring is 1. The lowest BCUT2D eigenvalue weighted by Gasteiger charge is -2.15. The molecule has 0 aliphatic carbocycles. The van der Waals surface area contributed by atoms with Crippen LogP contribution >= 0.6 is 0 Å². The Morgan fingerprint density at radius 3 is 2.58 bits per heavy atom. The Hall–Kier alpha value is -2.30. The summed E-state index contributed by atoms with van der Waals surface area (Å²) in [6.07, 6.45) is 1.49. The molecule has 2 rings (SSSR count). The van der Waals surface area contributed by atoms with E-state index in [-0.39, 0.29) is 6.10 Å². The lowest BCUT2D eigenvalue weighted by Crippen LogP contribution is -2.07. The number of rotatable bonds is 4. The molecule has 100 valence electrons. The predicted octanol–water partition coefficient (Wildman–Crippen LogP) is 2.52. The van der Waals surface area contributed by atoms with Crippen molar-refractivity contribution in [1.29, 1.82) is 0 Å². The molecule has 1 aromatic carbocycles. The van der Waals surface area contributed by atoms with Crippen LogP contribution in [0.15, 0.2) is 30.6 Å². The molecular formula is C14H17N3O2. The number of benzene rings is 1. The summed E-state index contributed by atoms with van der Waals surface area (Å²) in [5.74, 6) is 1.52. The van der Waals surface area contributed by atoms with E-state index in [0.717, 1.165) is 11.3 Å². The van der Waals surface area contributed by atoms with Crippen molar-refractivity contribution in [2.45, 2.75) is 20.0 Å². The van der Waals surface area contributed by atoms with Gasteiger partial charge in [-0.25, -0.2) is 9.97 Å². The topological polar surface area (TPSA) is 70.3 Å². The van der Waals surface area contributed by atoms with Crippen molar-refractivity contribution in [1.82, 2.24) is 9.97 Å². The van der Waals surface area contributed by atoms with E-state index in [2.05, 4.69) is 9.97 Å². The highest BCUT2D eigenvalue weighted by Gasteiger charge is 2.16. The molecule has 0 radical (unpaired) electrons. The van der Waals surface area contributed by atoms with Crippen molar-refractivity contribution in [3.8, 4) is 22.8 Å². The van der Waals surface area contributed by atoms with Gasteiger partial charge >= 0.3 is 0 Å². The molecule has 19 heavy (non-hydrogen) atoms. The van der Waals surface area contributed by atoms with Gasteiger partial charge in [0, 0.05) is 5.56 Å². The molecule has 0 unspecified atom stereocenters. The first-order chi connectivity index (χ1) is 9.13. The second-order valence-electron chi connectivity index (χ2n) is 4.30. The van der Waals surface area contributed by atoms with E-state index < -0.39 is 0 Å². The third-order valence-corrected chi connectivity index (χ3v) is 2.54. The molecule has 2 N–H and O–H groups in total. The van der Waals surface area contributed by atoms with Gasteiger partial charge in [-0.05, 0) is 26.0 Å². The maximum absolute atomic E-state index is 5.80. The molecule has 0 bridgehead atoms. The maximum atomic E-state index is 5.80. The fourth-order valence-corrected chi connectivity index (χ4v) is 1.80. The summed E-state index contributed by atoms with van der Waals surface area (Å²) in [7, 11) is 1.55. The third kappa shape index (κ3) is 2.76. The highest BCUT2D eigenvalue weighted by atomic mass is 16.5. The first-order valence-electron chi connectivity index (χ1n) is 6.04. The molecule has 1 aromatic heterocycles. The maximum Gasteiger partial charge on any atom is 0.187 e. The van der Waals surface area contributed by atoms with Crippen molar-refractivity contribution < 1.29 is 9.47 Å². The summed E-state index contributed by atoms with van der Waals surface area (Å²) in [5.41, 5.74) is 7.27. The van der Waals surface area contributed by atoms with Gasteiger partial charge in [0.15, 0.2) is 11.6 Å². The second kappa shape index (κ2) is 5.56. The molecule has 0 amide bonds. The zero-order valence-corrected chi connectivity index (χ0v) is 11.3. The van der Waals surface area contributed by atoms with Gasteiger partial charge in [0.25, 0.3) is 0 Å². The highest BCUT2D eigenvalue weighted by molar-refractivity contribution is 5.76. The van der Waals surface area contributed by atoms with Crippen molar-refractivity contribution in [3.63, 3.8) is 0 Å². The van der Waals surface area contributed by atoms with Crippen molar-refractivity contribution in [3.05, 3.63) is 30.6 Å². The summed E-state index contributed by atoms with van der Waals surface area (Å²) < 4.78 is 11.1. The van der Waals surface area contributed by atoms with Gasteiger partial charge in [-0.3, -0.25) is 0 Å². The number of para-hydroxylation sites is 1. The number of aromatic nitrogens is 2. The van der Waals surface area contributed by atoms with Gasteiger partial charge in [0.2, 0.25) is 0 Å². The minimum Gasteiger partial charge on any atom is -0.491 e. The minimum absolute atomic E-state index is 0.0753. The summed E-state index contributed by atoms with van der Waals surface area (Å²) in [6.45, 7) is 3.95. The zero-order chi connectivity index (χ0) is 13.8. The average Bonchev–Trinajstić information content (AvgIpc) is 2.38. The highest BCUT2D eigenvalue weighted by Crippen LogP contribution is 2.36. The summed E-state index contributed by atoms with van der Waals surface area (Å²) in [4.78, 5) is 8.18. The molecule has 0 aliphatic rings. The average molecular weight is 259 g/mol. The third-order valence-electron chi connectivity index (χ3n) is 2.54. The zero-order valence-electron chi connectivity index (χ0n) is 11.3. The molecule has 2 aromatic rings. The lowest BCUT2D eigenvalue weighted by molar-refractivity contribution is 0.243. The van der Waals surface area contributed by atoms with Crippen LogP contribution in [0.25, 0.3) is 11.3 Å². The molecule has 5 heteroatoms. The molecule has 0 spiro atoms. The van der Waals surface area contributed by atoms with Gasteiger partial charge in [-0.2, -0.15) is 0 Å². The van der Waals surface area contributed by atoms with Crippen LogP contribution < -0.4 is 15.2 Å². The fourth-order valence-electron chi connectivity index (χ4n) is 1.80. The van der Waals surface area contributed by atoms with Crippen LogP contribution in [0.3, 0.4) is 0 Å². The summed E-state index contributed by atoms with van der Waals surface area (Å²) in [5, 5.41) is 0. The number of nitrogens with zero attached hydrogens (tertiary/aromatic N) is 2. The van der Waals surface area contributed by atoms with E-state index in [4.69, 9.17) is 15.2 Å². The Balaban J connectivity index is 2.56. The van der Waals surface area contributed by atoms with Crippen molar-refractivity contribution >= 4 is 5.82 Å². The minimum atomic E-state index is 0.0753. The summed E-state index contributed by atoms with van der Waals surface area (Å²) >= 11 is 0. The Bertz CT molecular complexity index is 570. The largest absolute Gasteiger partial charge is 0.491 e. The van der Waals surface area contributed by atoms with E-state index in [1.165, 1.54) is 6.33 Å². The lowest BCUT2D eigenvalue weighted by atomic mass is 10.1. The molecule has 0 atom stereocenters. The first-order valence-corrected chi connectivity index (χ1v) is 6.04. The smallest absolute Gasteiger partial charge is 0.187 e. The number of anilines is 1. The van der Waals surface area contributed by atoms with Gasteiger partial charge in [-0.15, -0.1) is 0 Å². The number of nitrogens with two attached hydrogens (primary N) is 1. The normalized spacial score (nSPS) is 10.5. The molecule has 1 heterocycles. The van der Waals surface area contributed by atoms with E-state index >= 15 is 0 Å². The van der Waals surface area contributed by atoms with E-state index in [9.17, 15) is 0 Å². The van der Waals surface area contributed by atoms with Crippen LogP contribution in [0.5, 0.6) is 11.5 Å². The Labute approximate surface area is 112 Å². The Kier molecular flexibility index (Phi) is 3.85. The van der Waals surface area contributed by atoms with Crippen LogP contribution in [0.4, 0.5) is 5.82 Å². The molecule has 0 saturated heterocycles. The van der Waals surface area contributed by atoms with Crippen LogP contribution in [-0.2, 0) is 0 Å². The van der Waals surface area contributed by atoms with E-state index in [1.807, 2.05) is 38.1 Å². The van der Waals surface area contributed by atoms with Crippen LogP contribution in [-0.4, -0.2) is 23.2 Å². The van der Waals surface area contributed by atoms with Crippen molar-refractivity contribution in [2.24, 2.45) is 0 Å². The van der Waals surface area contributed by atoms with E-state index in [1.54, 1.807) is 7.11 Å². The van der Waals surface area contributed by atoms with E-state index in [0.29, 0.717) is 17.3 Å². The summed E-state index contributed by atoms with van der Waals surface area (Å²) in [6, 6.07) is 7.65. The van der Waals surface area contributed by atoms with Crippen LogP contribution in [0, 0.1) is 0 Å². The fraction of sp³-hybridized carbons (Fsp3) is 0.286. The first kappa shape index (κ1) is 13.1. The standard InChI is InChI=1S/C14H17N3O2/c1-9(2)19-11-7-5-4-6-10(11)12-13(18-3)14(15)17-8-16-12/h4-9H,1-3H3,(H2,15,16,17). The number of hydrogen-bond donors (Lipinski definition) is 1. The molecule has 0 saturated carbocycles. The van der Waals surface area contributed by atoms with Gasteiger partial charge in [0.1, 0.15) is 17.8 Å². The predicted molar refractivity (Wildman–Crippen MR) is 74.2 cm³/mol. The Morgan fingerprint density at radius 2 is 1.89 bits per heavy atom. The Morgan fingerprint density at radius 1 is 1.16 bits per heavy atom. The van der Waals surface area contributed by atoms with Gasteiger partial charge < -0.3 is 15.2 Å². The van der Waals surface area contributed by atoms with Crippen molar-refractivity contribution in [2.75, 3.05) is 12.8 Å². The SMILES string of the molecule is COc1c(N)ncnc1-c1ccccc1OC(C)C. The molecule has 0 fully saturated rings. The second-order valence-corrected chi connectivity index (χ2v) is 4.30. The van der Waals surface area contributed by atoms with Gasteiger partial charge in [0.05, 0.1) is 13.2 Å². The monoisotopic (exact) mass is 259 g/mol. The number of hydrogen-bond acceptors (Lipinski definition) is 5. The molecule has 5 nitrogen and oxygen atoms in total. The quantitative estimate of drug-likeness (QED) is 0.913. The molecular weight excluding hydrogens is 242 g/mol. The van der Waals surface area contributed by atoms with Crippen LogP contribution in [0.2, 0.25) is 0 Å². The van der Waals surface area contributed by atoms with Crippen LogP contribution in [0.1, 0.15) is 13.8 Å². The van der Waals surface area contributed by atoms with Gasteiger partial charge in [-0.1, -0.05) is 12.1 Å². The number of methoxy groups -OCH3 is 1.